The van der Waals surface area contributed by atoms with Crippen molar-refractivity contribution < 1.29 is 9.59 Å². The Morgan fingerprint density at radius 2 is 2.00 bits per heavy atom. The predicted octanol–water partition coefficient (Wildman–Crippen LogP) is 3.57. The summed E-state index contributed by atoms with van der Waals surface area (Å²) in [5.74, 6) is -0.158. The number of anilines is 2. The summed E-state index contributed by atoms with van der Waals surface area (Å²) in [6.45, 7) is 2.01. The van der Waals surface area contributed by atoms with E-state index in [0.717, 1.165) is 22.6 Å². The van der Waals surface area contributed by atoms with Gasteiger partial charge >= 0.3 is 0 Å². The van der Waals surface area contributed by atoms with Crippen LogP contribution in [0.15, 0.2) is 54.7 Å². The van der Waals surface area contributed by atoms with Crippen LogP contribution < -0.4 is 10.6 Å². The highest BCUT2D eigenvalue weighted by Crippen LogP contribution is 2.26. The lowest BCUT2D eigenvalue weighted by Gasteiger charge is -2.17. The molecular weight excluding hydrogens is 340 g/mol. The van der Waals surface area contributed by atoms with Gasteiger partial charge in [-0.15, -0.1) is 0 Å². The molecule has 2 heterocycles. The van der Waals surface area contributed by atoms with Gasteiger partial charge < -0.3 is 10.6 Å². The molecule has 1 aliphatic rings. The zero-order valence-electron chi connectivity index (χ0n) is 15.0. The van der Waals surface area contributed by atoms with Gasteiger partial charge in [0.05, 0.1) is 23.1 Å². The molecule has 1 aromatic heterocycles. The van der Waals surface area contributed by atoms with Crippen LogP contribution in [-0.4, -0.2) is 21.6 Å². The van der Waals surface area contributed by atoms with Crippen molar-refractivity contribution in [1.29, 1.82) is 0 Å². The Kier molecular flexibility index (Phi) is 4.46. The van der Waals surface area contributed by atoms with Crippen molar-refractivity contribution in [1.82, 2.24) is 9.78 Å². The van der Waals surface area contributed by atoms with Crippen molar-refractivity contribution in [2.75, 3.05) is 10.6 Å². The van der Waals surface area contributed by atoms with E-state index in [1.54, 1.807) is 16.9 Å². The lowest BCUT2D eigenvalue weighted by molar-refractivity contribution is -0.116. The fraction of sp³-hybridized carbons (Fsp3) is 0.190. The average Bonchev–Trinajstić information content (AvgIpc) is 3.13. The number of para-hydroxylation sites is 1. The van der Waals surface area contributed by atoms with Gasteiger partial charge in [0.15, 0.2) is 0 Å². The van der Waals surface area contributed by atoms with Crippen LogP contribution in [-0.2, 0) is 17.6 Å². The van der Waals surface area contributed by atoms with Crippen LogP contribution in [0.5, 0.6) is 0 Å². The fourth-order valence-corrected chi connectivity index (χ4v) is 3.35. The van der Waals surface area contributed by atoms with Gasteiger partial charge in [-0.3, -0.25) is 9.59 Å². The Balaban J connectivity index is 1.59. The zero-order valence-corrected chi connectivity index (χ0v) is 15.0. The Hall–Kier alpha value is -3.41. The molecule has 0 saturated carbocycles. The highest BCUT2D eigenvalue weighted by Gasteiger charge is 2.19. The summed E-state index contributed by atoms with van der Waals surface area (Å²) >= 11 is 0. The van der Waals surface area contributed by atoms with Crippen molar-refractivity contribution in [2.45, 2.75) is 26.2 Å². The zero-order chi connectivity index (χ0) is 18.8. The Labute approximate surface area is 157 Å². The van der Waals surface area contributed by atoms with E-state index in [4.69, 9.17) is 0 Å². The van der Waals surface area contributed by atoms with Crippen LogP contribution >= 0.6 is 0 Å². The van der Waals surface area contributed by atoms with Crippen LogP contribution in [0.4, 0.5) is 11.4 Å². The molecule has 2 amide bonds. The van der Waals surface area contributed by atoms with Crippen LogP contribution in [0.1, 0.15) is 35.0 Å². The summed E-state index contributed by atoms with van der Waals surface area (Å²) in [6.07, 6.45) is 3.44. The summed E-state index contributed by atoms with van der Waals surface area (Å²) < 4.78 is 1.80. The first-order valence-electron chi connectivity index (χ1n) is 9.02. The van der Waals surface area contributed by atoms with Crippen LogP contribution in [0.2, 0.25) is 0 Å². The first-order valence-corrected chi connectivity index (χ1v) is 9.02. The molecule has 2 aromatic carbocycles. The molecule has 0 atom stereocenters. The Bertz CT molecular complexity index is 1010. The second kappa shape index (κ2) is 7.07. The maximum absolute atomic E-state index is 12.8. The van der Waals surface area contributed by atoms with Gasteiger partial charge in [0.2, 0.25) is 5.91 Å². The average molecular weight is 360 g/mol. The SMILES string of the molecule is CCc1c(C(=O)Nc2ccc3c(c2)CCC(=O)N3)cnn1-c1ccccc1. The molecule has 0 spiro atoms. The number of rotatable bonds is 4. The predicted molar refractivity (Wildman–Crippen MR) is 104 cm³/mol. The number of carbonyl (C=O) groups is 2. The molecule has 0 aliphatic carbocycles. The highest BCUT2D eigenvalue weighted by molar-refractivity contribution is 6.05. The topological polar surface area (TPSA) is 76.0 Å². The number of hydrogen-bond acceptors (Lipinski definition) is 3. The number of aryl methyl sites for hydroxylation is 1. The van der Waals surface area contributed by atoms with Gasteiger partial charge in [0.1, 0.15) is 0 Å². The molecule has 0 fully saturated rings. The molecule has 0 radical (unpaired) electrons. The molecule has 0 bridgehead atoms. The summed E-state index contributed by atoms with van der Waals surface area (Å²) in [6, 6.07) is 15.3. The molecular formula is C21H20N4O2. The standard InChI is InChI=1S/C21H20N4O2/c1-2-19-17(13-22-25(19)16-6-4-3-5-7-16)21(27)23-15-9-10-18-14(12-15)8-11-20(26)24-18/h3-7,9-10,12-13H,2,8,11H2,1H3,(H,23,27)(H,24,26). The van der Waals surface area contributed by atoms with Crippen molar-refractivity contribution in [2.24, 2.45) is 0 Å². The summed E-state index contributed by atoms with van der Waals surface area (Å²) in [5, 5.41) is 10.2. The maximum Gasteiger partial charge on any atom is 0.259 e. The minimum atomic E-state index is -0.186. The second-order valence-electron chi connectivity index (χ2n) is 6.48. The number of amides is 2. The van der Waals surface area contributed by atoms with E-state index in [1.165, 1.54) is 0 Å². The maximum atomic E-state index is 12.8. The van der Waals surface area contributed by atoms with Crippen molar-refractivity contribution in [3.63, 3.8) is 0 Å². The quantitative estimate of drug-likeness (QED) is 0.747. The van der Waals surface area contributed by atoms with Crippen LogP contribution in [0.25, 0.3) is 5.69 Å². The number of aromatic nitrogens is 2. The van der Waals surface area contributed by atoms with Crippen LogP contribution in [0, 0.1) is 0 Å². The third-order valence-corrected chi connectivity index (χ3v) is 4.71. The third kappa shape index (κ3) is 3.33. The van der Waals surface area contributed by atoms with Crippen LogP contribution in [0.3, 0.4) is 0 Å². The normalized spacial score (nSPS) is 13.0. The fourth-order valence-electron chi connectivity index (χ4n) is 3.35. The molecule has 0 unspecified atom stereocenters. The number of nitrogens with zero attached hydrogens (tertiary/aromatic N) is 2. The summed E-state index contributed by atoms with van der Waals surface area (Å²) in [5.41, 5.74) is 4.91. The number of carbonyl (C=O) groups excluding carboxylic acids is 2. The molecule has 4 rings (SSSR count). The number of nitrogens with one attached hydrogen (secondary N) is 2. The summed E-state index contributed by atoms with van der Waals surface area (Å²) in [7, 11) is 0. The van der Waals surface area contributed by atoms with E-state index in [2.05, 4.69) is 15.7 Å². The first-order chi connectivity index (χ1) is 13.2. The molecule has 6 heteroatoms. The molecule has 3 aromatic rings. The Morgan fingerprint density at radius 3 is 2.78 bits per heavy atom. The molecule has 2 N–H and O–H groups in total. The van der Waals surface area contributed by atoms with Gasteiger partial charge in [-0.2, -0.15) is 5.10 Å². The lowest BCUT2D eigenvalue weighted by Crippen LogP contribution is -2.19. The highest BCUT2D eigenvalue weighted by atomic mass is 16.2. The van der Waals surface area contributed by atoms with Crippen molar-refractivity contribution in [3.05, 3.63) is 71.5 Å². The molecule has 6 nitrogen and oxygen atoms in total. The van der Waals surface area contributed by atoms with E-state index in [9.17, 15) is 9.59 Å². The van der Waals surface area contributed by atoms with Gasteiger partial charge in [0, 0.05) is 17.8 Å². The van der Waals surface area contributed by atoms with E-state index in [-0.39, 0.29) is 11.8 Å². The molecule has 1 aliphatic heterocycles. The third-order valence-electron chi connectivity index (χ3n) is 4.71. The van der Waals surface area contributed by atoms with E-state index < -0.39 is 0 Å². The van der Waals surface area contributed by atoms with E-state index >= 15 is 0 Å². The lowest BCUT2D eigenvalue weighted by atomic mass is 10.0. The monoisotopic (exact) mass is 360 g/mol. The molecule has 0 saturated heterocycles. The van der Waals surface area contributed by atoms with Gasteiger partial charge in [-0.1, -0.05) is 25.1 Å². The molecule has 136 valence electrons. The minimum Gasteiger partial charge on any atom is -0.326 e. The number of fused-ring (bicyclic) bond motifs is 1. The largest absolute Gasteiger partial charge is 0.326 e. The Morgan fingerprint density at radius 1 is 1.19 bits per heavy atom. The van der Waals surface area contributed by atoms with Gasteiger partial charge in [-0.25, -0.2) is 4.68 Å². The summed E-state index contributed by atoms with van der Waals surface area (Å²) in [4.78, 5) is 24.3. The minimum absolute atomic E-state index is 0.0280. The van der Waals surface area contributed by atoms with E-state index in [1.807, 2.05) is 49.4 Å². The van der Waals surface area contributed by atoms with Gasteiger partial charge in [0.25, 0.3) is 5.91 Å². The first kappa shape index (κ1) is 17.0. The van der Waals surface area contributed by atoms with Gasteiger partial charge in [-0.05, 0) is 48.7 Å². The second-order valence-corrected chi connectivity index (χ2v) is 6.48. The molecule has 27 heavy (non-hydrogen) atoms. The smallest absolute Gasteiger partial charge is 0.259 e. The van der Waals surface area contributed by atoms with Crippen molar-refractivity contribution >= 4 is 23.2 Å². The number of benzene rings is 2. The van der Waals surface area contributed by atoms with Crippen molar-refractivity contribution in [3.8, 4) is 5.69 Å². The van der Waals surface area contributed by atoms with E-state index in [0.29, 0.717) is 30.5 Å². The number of hydrogen-bond donors (Lipinski definition) is 2.